The first-order valence-corrected chi connectivity index (χ1v) is 14.3. The molecule has 0 heterocycles. The summed E-state index contributed by atoms with van der Waals surface area (Å²) in [6.07, 6.45) is 0.280. The fraction of sp³-hybridized carbons (Fsp3) is 0.419. The Bertz CT molecular complexity index is 1410. The molecule has 0 aromatic heterocycles. The van der Waals surface area contributed by atoms with Crippen LogP contribution in [-0.4, -0.2) is 33.0 Å². The van der Waals surface area contributed by atoms with E-state index in [-0.39, 0.29) is 17.9 Å². The van der Waals surface area contributed by atoms with Gasteiger partial charge in [-0.15, -0.1) is 11.8 Å². The lowest BCUT2D eigenvalue weighted by Crippen LogP contribution is -2.53. The van der Waals surface area contributed by atoms with Crippen LogP contribution in [-0.2, 0) is 17.6 Å². The number of carboxylic acids is 1. The molecule has 0 spiro atoms. The van der Waals surface area contributed by atoms with Gasteiger partial charge in [0.1, 0.15) is 18.4 Å². The molecule has 2 fully saturated rings. The second-order valence-electron chi connectivity index (χ2n) is 11.3. The molecule has 4 atom stereocenters. The Morgan fingerprint density at radius 2 is 1.75 bits per heavy atom. The highest BCUT2D eigenvalue weighted by Gasteiger charge is 2.46. The monoisotopic (exact) mass is 571 g/mol. The lowest BCUT2D eigenvalue weighted by atomic mass is 10.00. The fourth-order valence-corrected chi connectivity index (χ4v) is 7.94. The molecular formula is C31H32F3NO4S. The van der Waals surface area contributed by atoms with E-state index >= 15 is 0 Å². The smallest absolute Gasteiger partial charge is 0.416 e. The molecule has 2 N–H and O–H groups in total. The minimum Gasteiger partial charge on any atom is -0.487 e. The van der Waals surface area contributed by atoms with Crippen LogP contribution in [0.4, 0.5) is 13.2 Å². The molecule has 2 aliphatic rings. The summed E-state index contributed by atoms with van der Waals surface area (Å²) in [7, 11) is 0. The number of carbonyl (C=O) groups is 2. The normalized spacial score (nSPS) is 21.4. The first-order chi connectivity index (χ1) is 18.9. The van der Waals surface area contributed by atoms with Crippen LogP contribution in [0.1, 0.15) is 61.0 Å². The molecule has 2 saturated carbocycles. The van der Waals surface area contributed by atoms with Crippen LogP contribution in [0.2, 0.25) is 0 Å². The summed E-state index contributed by atoms with van der Waals surface area (Å²) in [6.45, 7) is 3.66. The number of thioether (sulfide) groups is 1. The van der Waals surface area contributed by atoms with Gasteiger partial charge in [-0.2, -0.15) is 13.2 Å². The molecule has 212 valence electrons. The summed E-state index contributed by atoms with van der Waals surface area (Å²) in [5, 5.41) is 14.7. The summed E-state index contributed by atoms with van der Waals surface area (Å²) in [5.41, 5.74) is -0.0937. The Morgan fingerprint density at radius 1 is 1.02 bits per heavy atom. The van der Waals surface area contributed by atoms with Crippen molar-refractivity contribution in [3.05, 3.63) is 77.4 Å². The van der Waals surface area contributed by atoms with Gasteiger partial charge in [0.15, 0.2) is 0 Å². The number of alkyl halides is 3. The van der Waals surface area contributed by atoms with Crippen LogP contribution in [0.3, 0.4) is 0 Å². The number of aliphatic carboxylic acids is 1. The third-order valence-electron chi connectivity index (χ3n) is 8.13. The van der Waals surface area contributed by atoms with Crippen molar-refractivity contribution in [2.75, 3.05) is 0 Å². The lowest BCUT2D eigenvalue weighted by molar-refractivity contribution is -0.140. The van der Waals surface area contributed by atoms with Crippen molar-refractivity contribution in [3.8, 4) is 5.75 Å². The maximum atomic E-state index is 13.6. The summed E-state index contributed by atoms with van der Waals surface area (Å²) < 4.78 is 44.2. The quantitative estimate of drug-likeness (QED) is 0.282. The van der Waals surface area contributed by atoms with Gasteiger partial charge >= 0.3 is 12.1 Å². The van der Waals surface area contributed by atoms with Gasteiger partial charge in [0.25, 0.3) is 5.91 Å². The standard InChI is InChI=1S/C31H32F3NO4S/c1-30(2,40-25-16-19-7-10-21(25)15-19)27(29(37)38)35-28(36)24-14-11-20-5-3-4-6-23(20)26(24)39-17-18-8-12-22(13-9-18)31(32,33)34/h3-6,8-9,11-14,19,21,25,27H,7,10,15-17H2,1-2H3,(H,35,36)(H,37,38)/t19-,21+,25-,27?/m1/s1. The van der Waals surface area contributed by atoms with E-state index in [1.165, 1.54) is 31.4 Å². The first kappa shape index (κ1) is 28.3. The fourth-order valence-electron chi connectivity index (χ4n) is 6.05. The number of nitrogens with one attached hydrogen (secondary N) is 1. The summed E-state index contributed by atoms with van der Waals surface area (Å²) in [6, 6.07) is 14.2. The second-order valence-corrected chi connectivity index (χ2v) is 13.2. The molecule has 1 unspecified atom stereocenters. The lowest BCUT2D eigenvalue weighted by Gasteiger charge is -2.36. The second kappa shape index (κ2) is 11.0. The van der Waals surface area contributed by atoms with Crippen molar-refractivity contribution < 1.29 is 32.6 Å². The van der Waals surface area contributed by atoms with E-state index in [2.05, 4.69) is 5.32 Å². The Labute approximate surface area is 235 Å². The van der Waals surface area contributed by atoms with Crippen LogP contribution in [0.5, 0.6) is 5.75 Å². The van der Waals surface area contributed by atoms with Gasteiger partial charge in [-0.25, -0.2) is 4.79 Å². The highest BCUT2D eigenvalue weighted by Crippen LogP contribution is 2.52. The van der Waals surface area contributed by atoms with Crippen molar-refractivity contribution in [1.29, 1.82) is 0 Å². The van der Waals surface area contributed by atoms with E-state index in [0.717, 1.165) is 29.9 Å². The molecule has 5 rings (SSSR count). The number of carbonyl (C=O) groups excluding carboxylic acids is 1. The molecule has 5 nitrogen and oxygen atoms in total. The predicted molar refractivity (Wildman–Crippen MR) is 150 cm³/mol. The molecule has 0 aliphatic heterocycles. The van der Waals surface area contributed by atoms with Crippen molar-refractivity contribution in [3.63, 3.8) is 0 Å². The third kappa shape index (κ3) is 5.94. The van der Waals surface area contributed by atoms with Crippen molar-refractivity contribution in [2.24, 2.45) is 11.8 Å². The van der Waals surface area contributed by atoms with Crippen LogP contribution in [0.25, 0.3) is 10.8 Å². The number of amides is 1. The zero-order valence-electron chi connectivity index (χ0n) is 22.3. The first-order valence-electron chi connectivity index (χ1n) is 13.4. The van der Waals surface area contributed by atoms with E-state index in [1.54, 1.807) is 36.0 Å². The summed E-state index contributed by atoms with van der Waals surface area (Å²) >= 11 is 1.66. The Hall–Kier alpha value is -3.20. The van der Waals surface area contributed by atoms with Gasteiger partial charge in [-0.3, -0.25) is 4.79 Å². The van der Waals surface area contributed by atoms with Crippen LogP contribution in [0, 0.1) is 11.8 Å². The number of rotatable bonds is 9. The zero-order valence-corrected chi connectivity index (χ0v) is 23.1. The predicted octanol–water partition coefficient (Wildman–Crippen LogP) is 7.32. The van der Waals surface area contributed by atoms with E-state index in [4.69, 9.17) is 4.74 Å². The molecule has 9 heteroatoms. The molecule has 1 amide bonds. The van der Waals surface area contributed by atoms with E-state index in [1.807, 2.05) is 26.0 Å². The highest BCUT2D eigenvalue weighted by atomic mass is 32.2. The van der Waals surface area contributed by atoms with Crippen molar-refractivity contribution >= 4 is 34.4 Å². The molecule has 40 heavy (non-hydrogen) atoms. The molecule has 2 bridgehead atoms. The van der Waals surface area contributed by atoms with Crippen LogP contribution >= 0.6 is 11.8 Å². The average Bonchev–Trinajstić information content (AvgIpc) is 3.52. The van der Waals surface area contributed by atoms with Gasteiger partial charge in [-0.05, 0) is 74.1 Å². The Kier molecular flexibility index (Phi) is 7.79. The minimum atomic E-state index is -4.44. The summed E-state index contributed by atoms with van der Waals surface area (Å²) in [5.74, 6) is -0.120. The number of halogens is 3. The van der Waals surface area contributed by atoms with Gasteiger partial charge in [0.05, 0.1) is 11.1 Å². The maximum absolute atomic E-state index is 13.6. The molecule has 3 aromatic carbocycles. The minimum absolute atomic E-state index is 0.0691. The topological polar surface area (TPSA) is 75.6 Å². The molecule has 3 aromatic rings. The van der Waals surface area contributed by atoms with Gasteiger partial charge in [0, 0.05) is 15.4 Å². The van der Waals surface area contributed by atoms with Crippen molar-refractivity contribution in [2.45, 2.75) is 68.4 Å². The number of fused-ring (bicyclic) bond motifs is 3. The number of carboxylic acid groups (broad SMARTS) is 1. The number of ether oxygens (including phenoxy) is 1. The Balaban J connectivity index is 1.38. The van der Waals surface area contributed by atoms with Gasteiger partial charge in [-0.1, -0.05) is 48.9 Å². The number of hydrogen-bond acceptors (Lipinski definition) is 4. The third-order valence-corrected chi connectivity index (χ3v) is 9.86. The number of hydrogen-bond donors (Lipinski definition) is 2. The average molecular weight is 572 g/mol. The van der Waals surface area contributed by atoms with E-state index in [9.17, 15) is 27.9 Å². The molecule has 2 aliphatic carbocycles. The molecular weight excluding hydrogens is 539 g/mol. The van der Waals surface area contributed by atoms with Gasteiger partial charge < -0.3 is 15.2 Å². The Morgan fingerprint density at radius 3 is 2.38 bits per heavy atom. The zero-order chi connectivity index (χ0) is 28.7. The van der Waals surface area contributed by atoms with E-state index < -0.39 is 34.4 Å². The van der Waals surface area contributed by atoms with E-state index in [0.29, 0.717) is 22.1 Å². The molecule has 0 radical (unpaired) electrons. The van der Waals surface area contributed by atoms with Crippen LogP contribution in [0.15, 0.2) is 60.7 Å². The van der Waals surface area contributed by atoms with Gasteiger partial charge in [0.2, 0.25) is 0 Å². The maximum Gasteiger partial charge on any atom is 0.416 e. The van der Waals surface area contributed by atoms with Crippen molar-refractivity contribution in [1.82, 2.24) is 5.32 Å². The molecule has 0 saturated heterocycles. The van der Waals surface area contributed by atoms with Crippen LogP contribution < -0.4 is 10.1 Å². The summed E-state index contributed by atoms with van der Waals surface area (Å²) in [4.78, 5) is 26.0. The SMILES string of the molecule is CC(C)(S[C@@H]1C[C@@H]2CC[C@H]1C2)C(NC(=O)c1ccc2ccccc2c1OCc1ccc(C(F)(F)F)cc1)C(=O)O. The number of benzene rings is 3. The highest BCUT2D eigenvalue weighted by molar-refractivity contribution is 8.01. The largest absolute Gasteiger partial charge is 0.487 e.